The number of pyridine rings is 1. The van der Waals surface area contributed by atoms with E-state index in [2.05, 4.69) is 15.0 Å². The summed E-state index contributed by atoms with van der Waals surface area (Å²) in [6.07, 6.45) is 1.66. The predicted molar refractivity (Wildman–Crippen MR) is 104 cm³/mol. The minimum Gasteiger partial charge on any atom is -0.346 e. The van der Waals surface area contributed by atoms with Gasteiger partial charge in [0, 0.05) is 11.8 Å². The first-order valence-electron chi connectivity index (χ1n) is 8.32. The van der Waals surface area contributed by atoms with Crippen LogP contribution in [0.4, 0.5) is 5.69 Å². The first-order chi connectivity index (χ1) is 13.0. The molecule has 27 heavy (non-hydrogen) atoms. The molecule has 2 aromatic carbocycles. The average molecular weight is 381 g/mol. The molecular weight excluding hydrogens is 362 g/mol. The van der Waals surface area contributed by atoms with Crippen LogP contribution in [0, 0.1) is 6.92 Å². The lowest BCUT2D eigenvalue weighted by atomic mass is 10.2. The summed E-state index contributed by atoms with van der Waals surface area (Å²) < 4.78 is 27.6. The zero-order valence-corrected chi connectivity index (χ0v) is 15.5. The summed E-state index contributed by atoms with van der Waals surface area (Å²) in [4.78, 5) is 16.4. The molecule has 7 heteroatoms. The van der Waals surface area contributed by atoms with E-state index in [4.69, 9.17) is 0 Å². The number of carbonyl (C=O) groups is 1. The minimum atomic E-state index is -3.73. The van der Waals surface area contributed by atoms with E-state index in [0.717, 1.165) is 11.3 Å². The van der Waals surface area contributed by atoms with Crippen molar-refractivity contribution in [3.8, 4) is 0 Å². The summed E-state index contributed by atoms with van der Waals surface area (Å²) >= 11 is 0. The lowest BCUT2D eigenvalue weighted by Gasteiger charge is -2.11. The van der Waals surface area contributed by atoms with Crippen LogP contribution in [0.5, 0.6) is 0 Å². The van der Waals surface area contributed by atoms with Gasteiger partial charge in [0.05, 0.1) is 22.8 Å². The Bertz CT molecular complexity index is 1030. The van der Waals surface area contributed by atoms with Crippen molar-refractivity contribution in [2.24, 2.45) is 0 Å². The van der Waals surface area contributed by atoms with Crippen LogP contribution in [0.3, 0.4) is 0 Å². The Labute approximate surface area is 158 Å². The van der Waals surface area contributed by atoms with Crippen molar-refractivity contribution in [1.82, 2.24) is 10.3 Å². The van der Waals surface area contributed by atoms with Crippen LogP contribution in [0.2, 0.25) is 0 Å². The van der Waals surface area contributed by atoms with Crippen molar-refractivity contribution in [3.63, 3.8) is 0 Å². The van der Waals surface area contributed by atoms with Crippen molar-refractivity contribution in [3.05, 3.63) is 89.7 Å². The van der Waals surface area contributed by atoms with Gasteiger partial charge in [-0.3, -0.25) is 14.5 Å². The normalized spacial score (nSPS) is 11.0. The molecule has 0 saturated heterocycles. The van der Waals surface area contributed by atoms with Gasteiger partial charge >= 0.3 is 0 Å². The minimum absolute atomic E-state index is 0.0898. The number of amides is 1. The molecule has 3 rings (SSSR count). The van der Waals surface area contributed by atoms with E-state index in [1.165, 1.54) is 24.3 Å². The van der Waals surface area contributed by atoms with E-state index in [-0.39, 0.29) is 10.8 Å². The van der Waals surface area contributed by atoms with Gasteiger partial charge in [-0.1, -0.05) is 24.3 Å². The molecule has 3 aromatic rings. The van der Waals surface area contributed by atoms with Crippen molar-refractivity contribution in [1.29, 1.82) is 0 Å². The van der Waals surface area contributed by atoms with Crippen LogP contribution in [-0.4, -0.2) is 19.3 Å². The van der Waals surface area contributed by atoms with Gasteiger partial charge in [0.15, 0.2) is 0 Å². The Hall–Kier alpha value is -3.19. The Morgan fingerprint density at radius 1 is 0.963 bits per heavy atom. The second kappa shape index (κ2) is 8.01. The maximum atomic E-state index is 12.5. The fourth-order valence-electron chi connectivity index (χ4n) is 2.45. The van der Waals surface area contributed by atoms with Gasteiger partial charge in [0.1, 0.15) is 0 Å². The van der Waals surface area contributed by atoms with Crippen LogP contribution < -0.4 is 10.0 Å². The van der Waals surface area contributed by atoms with Gasteiger partial charge in [-0.2, -0.15) is 0 Å². The maximum absolute atomic E-state index is 12.5. The largest absolute Gasteiger partial charge is 0.346 e. The third-order valence-corrected chi connectivity index (χ3v) is 5.35. The molecule has 0 unspecified atom stereocenters. The van der Waals surface area contributed by atoms with Crippen LogP contribution in [0.15, 0.2) is 77.8 Å². The summed E-state index contributed by atoms with van der Waals surface area (Å²) in [5.41, 5.74) is 2.47. The van der Waals surface area contributed by atoms with Crippen molar-refractivity contribution >= 4 is 21.6 Å². The first-order valence-corrected chi connectivity index (χ1v) is 9.81. The van der Waals surface area contributed by atoms with Crippen LogP contribution in [0.1, 0.15) is 21.6 Å². The van der Waals surface area contributed by atoms with E-state index in [1.54, 1.807) is 24.4 Å². The highest BCUT2D eigenvalue weighted by molar-refractivity contribution is 7.92. The molecule has 0 fully saturated rings. The molecule has 0 bridgehead atoms. The van der Waals surface area contributed by atoms with Gasteiger partial charge < -0.3 is 5.32 Å². The molecular formula is C20H19N3O3S. The number of aromatic nitrogens is 1. The molecule has 0 aliphatic heterocycles. The van der Waals surface area contributed by atoms with Gasteiger partial charge in [0.25, 0.3) is 15.9 Å². The number of aryl methyl sites for hydroxylation is 1. The Morgan fingerprint density at radius 2 is 1.67 bits per heavy atom. The van der Waals surface area contributed by atoms with E-state index in [1.807, 2.05) is 31.2 Å². The number of sulfonamides is 1. The maximum Gasteiger partial charge on any atom is 0.261 e. The predicted octanol–water partition coefficient (Wildman–Crippen LogP) is 3.12. The van der Waals surface area contributed by atoms with Crippen LogP contribution in [0.25, 0.3) is 0 Å². The molecule has 0 atom stereocenters. The number of para-hydroxylation sites is 1. The Kier molecular flexibility index (Phi) is 5.52. The monoisotopic (exact) mass is 381 g/mol. The molecule has 1 aromatic heterocycles. The quantitative estimate of drug-likeness (QED) is 0.687. The molecule has 0 spiro atoms. The summed E-state index contributed by atoms with van der Waals surface area (Å²) in [6, 6.07) is 18.4. The highest BCUT2D eigenvalue weighted by Crippen LogP contribution is 2.19. The van der Waals surface area contributed by atoms with Gasteiger partial charge in [-0.15, -0.1) is 0 Å². The smallest absolute Gasteiger partial charge is 0.261 e. The number of anilines is 1. The van der Waals surface area contributed by atoms with E-state index in [0.29, 0.717) is 17.8 Å². The van der Waals surface area contributed by atoms with E-state index < -0.39 is 10.0 Å². The second-order valence-electron chi connectivity index (χ2n) is 5.95. The summed E-state index contributed by atoms with van der Waals surface area (Å²) in [7, 11) is -3.73. The Morgan fingerprint density at radius 3 is 2.33 bits per heavy atom. The van der Waals surface area contributed by atoms with Crippen molar-refractivity contribution < 1.29 is 13.2 Å². The summed E-state index contributed by atoms with van der Waals surface area (Å²) in [5.74, 6) is -0.295. The Balaban J connectivity index is 1.69. The fraction of sp³-hybridized carbons (Fsp3) is 0.100. The third-order valence-electron chi connectivity index (χ3n) is 3.97. The lowest BCUT2D eigenvalue weighted by Crippen LogP contribution is -2.23. The molecule has 138 valence electrons. The first kappa shape index (κ1) is 18.6. The molecule has 0 aliphatic carbocycles. The third kappa shape index (κ3) is 4.71. The van der Waals surface area contributed by atoms with Gasteiger partial charge in [0.2, 0.25) is 0 Å². The molecule has 0 aliphatic rings. The molecule has 1 heterocycles. The molecule has 1 amide bonds. The topological polar surface area (TPSA) is 88.2 Å². The lowest BCUT2D eigenvalue weighted by molar-refractivity contribution is 0.0950. The van der Waals surface area contributed by atoms with Crippen LogP contribution in [-0.2, 0) is 16.6 Å². The van der Waals surface area contributed by atoms with Crippen molar-refractivity contribution in [2.45, 2.75) is 18.4 Å². The highest BCUT2D eigenvalue weighted by Gasteiger charge is 2.16. The number of hydrogen-bond donors (Lipinski definition) is 2. The molecule has 0 radical (unpaired) electrons. The number of carbonyl (C=O) groups excluding carboxylic acids is 1. The molecule has 0 saturated carbocycles. The standard InChI is InChI=1S/C20H19N3O3S/c1-15-6-2-3-8-19(15)23-27(25,26)18-11-9-16(10-12-18)20(24)22-14-17-7-4-5-13-21-17/h2-13,23H,14H2,1H3,(H,22,24). The summed E-state index contributed by atoms with van der Waals surface area (Å²) in [5, 5.41) is 2.75. The molecule has 6 nitrogen and oxygen atoms in total. The number of rotatable bonds is 6. The number of nitrogens with zero attached hydrogens (tertiary/aromatic N) is 1. The SMILES string of the molecule is Cc1ccccc1NS(=O)(=O)c1ccc(C(=O)NCc2ccccn2)cc1. The number of hydrogen-bond acceptors (Lipinski definition) is 4. The van der Waals surface area contributed by atoms with E-state index >= 15 is 0 Å². The van der Waals surface area contributed by atoms with Gasteiger partial charge in [-0.05, 0) is 55.0 Å². The highest BCUT2D eigenvalue weighted by atomic mass is 32.2. The van der Waals surface area contributed by atoms with Gasteiger partial charge in [-0.25, -0.2) is 8.42 Å². The average Bonchev–Trinajstić information content (AvgIpc) is 2.69. The fourth-order valence-corrected chi connectivity index (χ4v) is 3.58. The number of benzene rings is 2. The second-order valence-corrected chi connectivity index (χ2v) is 7.63. The zero-order valence-electron chi connectivity index (χ0n) is 14.7. The van der Waals surface area contributed by atoms with Crippen molar-refractivity contribution in [2.75, 3.05) is 4.72 Å². The van der Waals surface area contributed by atoms with E-state index in [9.17, 15) is 13.2 Å². The van der Waals surface area contributed by atoms with Crippen LogP contribution >= 0.6 is 0 Å². The zero-order chi connectivity index (χ0) is 19.3. The summed E-state index contributed by atoms with van der Waals surface area (Å²) in [6.45, 7) is 2.13. The number of nitrogens with one attached hydrogen (secondary N) is 2. The molecule has 2 N–H and O–H groups in total.